The first-order valence-corrected chi connectivity index (χ1v) is 8.23. The summed E-state index contributed by atoms with van der Waals surface area (Å²) in [6.45, 7) is 6.72. The van der Waals surface area contributed by atoms with Gasteiger partial charge in [0.2, 0.25) is 0 Å². The normalized spacial score (nSPS) is 11.2. The summed E-state index contributed by atoms with van der Waals surface area (Å²) in [5.74, 6) is 0.905. The van der Waals surface area contributed by atoms with E-state index in [2.05, 4.69) is 33.7 Å². The summed E-state index contributed by atoms with van der Waals surface area (Å²) in [5.41, 5.74) is 3.49. The summed E-state index contributed by atoms with van der Waals surface area (Å²) < 4.78 is 2.13. The molecule has 2 aromatic heterocycles. The Morgan fingerprint density at radius 1 is 1.21 bits per heavy atom. The first kappa shape index (κ1) is 16.2. The lowest BCUT2D eigenvalue weighted by molar-refractivity contribution is 0.0953. The molecule has 0 unspecified atom stereocenters. The van der Waals surface area contributed by atoms with Crippen molar-refractivity contribution in [2.24, 2.45) is 0 Å². The van der Waals surface area contributed by atoms with Crippen LogP contribution in [0.1, 0.15) is 41.6 Å². The van der Waals surface area contributed by atoms with Gasteiger partial charge in [-0.1, -0.05) is 18.2 Å². The van der Waals surface area contributed by atoms with E-state index >= 15 is 0 Å². The molecule has 3 aromatic rings. The molecule has 0 bridgehead atoms. The first-order chi connectivity index (χ1) is 11.6. The monoisotopic (exact) mass is 322 g/mol. The van der Waals surface area contributed by atoms with Crippen LogP contribution in [0.5, 0.6) is 0 Å². The van der Waals surface area contributed by atoms with Crippen molar-refractivity contribution >= 4 is 17.1 Å². The van der Waals surface area contributed by atoms with Crippen molar-refractivity contribution in [3.63, 3.8) is 0 Å². The summed E-state index contributed by atoms with van der Waals surface area (Å²) in [4.78, 5) is 21.4. The fraction of sp³-hybridized carbons (Fsp3) is 0.316. The third-order valence-corrected chi connectivity index (χ3v) is 4.06. The summed E-state index contributed by atoms with van der Waals surface area (Å²) in [5, 5.41) is 2.99. The zero-order valence-corrected chi connectivity index (χ0v) is 14.3. The van der Waals surface area contributed by atoms with Crippen LogP contribution in [0.2, 0.25) is 0 Å². The van der Waals surface area contributed by atoms with Crippen LogP contribution in [0.3, 0.4) is 0 Å². The fourth-order valence-electron chi connectivity index (χ4n) is 2.91. The number of aryl methyl sites for hydroxylation is 1. The Morgan fingerprint density at radius 3 is 2.75 bits per heavy atom. The van der Waals surface area contributed by atoms with E-state index in [1.165, 1.54) is 0 Å². The van der Waals surface area contributed by atoms with Crippen LogP contribution in [0, 0.1) is 6.92 Å². The van der Waals surface area contributed by atoms with Gasteiger partial charge in [-0.3, -0.25) is 4.79 Å². The molecule has 24 heavy (non-hydrogen) atoms. The molecule has 5 heteroatoms. The van der Waals surface area contributed by atoms with Gasteiger partial charge in [-0.2, -0.15) is 0 Å². The number of hydrogen-bond donors (Lipinski definition) is 1. The molecule has 3 rings (SSSR count). The van der Waals surface area contributed by atoms with Crippen LogP contribution >= 0.6 is 0 Å². The highest BCUT2D eigenvalue weighted by Gasteiger charge is 2.14. The highest BCUT2D eigenvalue weighted by atomic mass is 16.1. The minimum atomic E-state index is -0.0431. The lowest BCUT2D eigenvalue weighted by Crippen LogP contribution is -2.27. The number of fused-ring (bicyclic) bond motifs is 1. The number of amides is 1. The van der Waals surface area contributed by atoms with Gasteiger partial charge in [-0.15, -0.1) is 0 Å². The van der Waals surface area contributed by atoms with E-state index in [4.69, 9.17) is 0 Å². The molecule has 1 amide bonds. The third kappa shape index (κ3) is 3.15. The number of nitrogens with one attached hydrogen (secondary N) is 1. The topological polar surface area (TPSA) is 59.8 Å². The van der Waals surface area contributed by atoms with Gasteiger partial charge in [0.05, 0.1) is 0 Å². The smallest absolute Gasteiger partial charge is 0.251 e. The molecular weight excluding hydrogens is 300 g/mol. The SMILES string of the molecule is Cc1ccccc1C(=O)NCCc1nc2cccnc2n1C(C)C. The Bertz CT molecular complexity index is 867. The number of imidazole rings is 1. The van der Waals surface area contributed by atoms with Gasteiger partial charge in [0.25, 0.3) is 5.91 Å². The van der Waals surface area contributed by atoms with Crippen LogP contribution in [-0.2, 0) is 6.42 Å². The molecule has 0 aliphatic carbocycles. The number of nitrogens with zero attached hydrogens (tertiary/aromatic N) is 3. The lowest BCUT2D eigenvalue weighted by Gasteiger charge is -2.13. The Balaban J connectivity index is 1.73. The van der Waals surface area contributed by atoms with Crippen LogP contribution in [0.15, 0.2) is 42.6 Å². The average molecular weight is 322 g/mol. The first-order valence-electron chi connectivity index (χ1n) is 8.23. The summed E-state index contributed by atoms with van der Waals surface area (Å²) in [7, 11) is 0. The van der Waals surface area contributed by atoms with Crippen molar-refractivity contribution in [3.8, 4) is 0 Å². The molecule has 2 heterocycles. The number of pyridine rings is 1. The van der Waals surface area contributed by atoms with Crippen molar-refractivity contribution in [1.29, 1.82) is 0 Å². The van der Waals surface area contributed by atoms with Gasteiger partial charge in [0.15, 0.2) is 5.65 Å². The number of aromatic nitrogens is 3. The zero-order valence-electron chi connectivity index (χ0n) is 14.3. The second-order valence-corrected chi connectivity index (χ2v) is 6.16. The maximum atomic E-state index is 12.3. The van der Waals surface area contributed by atoms with E-state index in [-0.39, 0.29) is 11.9 Å². The maximum absolute atomic E-state index is 12.3. The van der Waals surface area contributed by atoms with E-state index in [0.29, 0.717) is 13.0 Å². The fourth-order valence-corrected chi connectivity index (χ4v) is 2.91. The van der Waals surface area contributed by atoms with Crippen LogP contribution in [0.25, 0.3) is 11.2 Å². The molecule has 0 aliphatic rings. The molecule has 0 atom stereocenters. The van der Waals surface area contributed by atoms with Crippen molar-refractivity contribution in [2.75, 3.05) is 6.54 Å². The number of carbonyl (C=O) groups is 1. The molecule has 5 nitrogen and oxygen atoms in total. The van der Waals surface area contributed by atoms with E-state index < -0.39 is 0 Å². The molecular formula is C19H22N4O. The van der Waals surface area contributed by atoms with E-state index in [1.807, 2.05) is 43.3 Å². The Morgan fingerprint density at radius 2 is 2.00 bits per heavy atom. The quantitative estimate of drug-likeness (QED) is 0.784. The molecule has 1 N–H and O–H groups in total. The highest BCUT2D eigenvalue weighted by Crippen LogP contribution is 2.19. The van der Waals surface area contributed by atoms with Gasteiger partial charge in [0.1, 0.15) is 11.3 Å². The Hall–Kier alpha value is -2.69. The highest BCUT2D eigenvalue weighted by molar-refractivity contribution is 5.95. The van der Waals surface area contributed by atoms with Gasteiger partial charge in [0, 0.05) is 30.8 Å². The molecule has 0 aliphatic heterocycles. The van der Waals surface area contributed by atoms with E-state index in [9.17, 15) is 4.79 Å². The van der Waals surface area contributed by atoms with Crippen LogP contribution in [-0.4, -0.2) is 27.0 Å². The molecule has 1 aromatic carbocycles. The molecule has 0 saturated heterocycles. The van der Waals surface area contributed by atoms with Crippen molar-refractivity contribution in [1.82, 2.24) is 19.9 Å². The second-order valence-electron chi connectivity index (χ2n) is 6.16. The minimum absolute atomic E-state index is 0.0431. The van der Waals surface area contributed by atoms with Gasteiger partial charge in [-0.25, -0.2) is 9.97 Å². The lowest BCUT2D eigenvalue weighted by atomic mass is 10.1. The van der Waals surface area contributed by atoms with Gasteiger partial charge < -0.3 is 9.88 Å². The van der Waals surface area contributed by atoms with Crippen LogP contribution in [0.4, 0.5) is 0 Å². The van der Waals surface area contributed by atoms with Crippen molar-refractivity contribution < 1.29 is 4.79 Å². The zero-order chi connectivity index (χ0) is 17.1. The van der Waals surface area contributed by atoms with Crippen molar-refractivity contribution in [2.45, 2.75) is 33.2 Å². The summed E-state index contributed by atoms with van der Waals surface area (Å²) >= 11 is 0. The number of hydrogen-bond acceptors (Lipinski definition) is 3. The second kappa shape index (κ2) is 6.83. The van der Waals surface area contributed by atoms with E-state index in [0.717, 1.165) is 28.1 Å². The predicted molar refractivity (Wildman–Crippen MR) is 95.1 cm³/mol. The molecule has 124 valence electrons. The maximum Gasteiger partial charge on any atom is 0.251 e. The molecule has 0 spiro atoms. The minimum Gasteiger partial charge on any atom is -0.352 e. The van der Waals surface area contributed by atoms with Gasteiger partial charge >= 0.3 is 0 Å². The Labute approximate surface area is 141 Å². The third-order valence-electron chi connectivity index (χ3n) is 4.06. The average Bonchev–Trinajstić information content (AvgIpc) is 2.93. The summed E-state index contributed by atoms with van der Waals surface area (Å²) in [6, 6.07) is 11.7. The largest absolute Gasteiger partial charge is 0.352 e. The summed E-state index contributed by atoms with van der Waals surface area (Å²) in [6.07, 6.45) is 2.46. The predicted octanol–water partition coefficient (Wildman–Crippen LogP) is 3.29. The number of carbonyl (C=O) groups excluding carboxylic acids is 1. The molecule has 0 fully saturated rings. The molecule has 0 radical (unpaired) electrons. The standard InChI is InChI=1S/C19H22N4O/c1-13(2)23-17(22-16-9-6-11-20-18(16)23)10-12-21-19(24)15-8-5-4-7-14(15)3/h4-9,11,13H,10,12H2,1-3H3,(H,21,24). The molecule has 0 saturated carbocycles. The number of benzene rings is 1. The van der Waals surface area contributed by atoms with Gasteiger partial charge in [-0.05, 0) is 44.5 Å². The Kier molecular flexibility index (Phi) is 4.60. The van der Waals surface area contributed by atoms with Crippen LogP contribution < -0.4 is 5.32 Å². The number of rotatable bonds is 5. The van der Waals surface area contributed by atoms with E-state index in [1.54, 1.807) is 6.20 Å². The van der Waals surface area contributed by atoms with Crippen molar-refractivity contribution in [3.05, 3.63) is 59.5 Å².